The highest BCUT2D eigenvalue weighted by Crippen LogP contribution is 2.21. The van der Waals surface area contributed by atoms with Crippen LogP contribution < -0.4 is 10.9 Å². The van der Waals surface area contributed by atoms with Crippen LogP contribution in [0.1, 0.15) is 26.2 Å². The van der Waals surface area contributed by atoms with Gasteiger partial charge in [-0.15, -0.1) is 0 Å². The van der Waals surface area contributed by atoms with Gasteiger partial charge in [-0.25, -0.2) is 4.98 Å². The van der Waals surface area contributed by atoms with Crippen LogP contribution in [0.4, 0.5) is 5.82 Å². The summed E-state index contributed by atoms with van der Waals surface area (Å²) >= 11 is 0. The second-order valence-corrected chi connectivity index (χ2v) is 3.69. The van der Waals surface area contributed by atoms with Gasteiger partial charge < -0.3 is 9.88 Å². The van der Waals surface area contributed by atoms with E-state index in [2.05, 4.69) is 17.2 Å². The predicted octanol–water partition coefficient (Wildman–Crippen LogP) is 1.23. The Morgan fingerprint density at radius 3 is 3.07 bits per heavy atom. The van der Waals surface area contributed by atoms with Crippen molar-refractivity contribution >= 4 is 5.82 Å². The van der Waals surface area contributed by atoms with Crippen molar-refractivity contribution in [2.24, 2.45) is 0 Å². The van der Waals surface area contributed by atoms with Crippen molar-refractivity contribution < 1.29 is 0 Å². The van der Waals surface area contributed by atoms with Gasteiger partial charge in [0.2, 0.25) is 0 Å². The molecule has 1 N–H and O–H groups in total. The minimum Gasteiger partial charge on any atom is -0.363 e. The lowest BCUT2D eigenvalue weighted by molar-refractivity contribution is 0.649. The van der Waals surface area contributed by atoms with Crippen molar-refractivity contribution in [1.82, 2.24) is 9.55 Å². The molecule has 0 spiro atoms. The third-order valence-electron chi connectivity index (χ3n) is 2.30. The van der Waals surface area contributed by atoms with E-state index in [4.69, 9.17) is 0 Å². The number of anilines is 1. The van der Waals surface area contributed by atoms with Gasteiger partial charge in [-0.1, -0.05) is 6.92 Å². The zero-order chi connectivity index (χ0) is 9.97. The summed E-state index contributed by atoms with van der Waals surface area (Å²) in [6.07, 6.45) is 6.70. The summed E-state index contributed by atoms with van der Waals surface area (Å²) in [6.45, 7) is 2.82. The Balaban J connectivity index is 2.21. The topological polar surface area (TPSA) is 46.9 Å². The van der Waals surface area contributed by atoms with Crippen LogP contribution in [0.2, 0.25) is 0 Å². The molecule has 1 fully saturated rings. The lowest BCUT2D eigenvalue weighted by Gasteiger charge is -2.06. The molecule has 0 radical (unpaired) electrons. The molecule has 4 nitrogen and oxygen atoms in total. The molecule has 4 heteroatoms. The molecular formula is C10H15N3O. The first-order valence-electron chi connectivity index (χ1n) is 5.13. The summed E-state index contributed by atoms with van der Waals surface area (Å²) in [7, 11) is 0. The number of aryl methyl sites for hydroxylation is 1. The van der Waals surface area contributed by atoms with E-state index in [9.17, 15) is 4.79 Å². The molecule has 0 saturated heterocycles. The average Bonchev–Trinajstić information content (AvgIpc) is 2.96. The second-order valence-electron chi connectivity index (χ2n) is 3.69. The van der Waals surface area contributed by atoms with Crippen molar-refractivity contribution in [1.29, 1.82) is 0 Å². The van der Waals surface area contributed by atoms with Crippen molar-refractivity contribution in [3.63, 3.8) is 0 Å². The molecule has 2 rings (SSSR count). The van der Waals surface area contributed by atoms with Crippen LogP contribution in [0.25, 0.3) is 0 Å². The van der Waals surface area contributed by atoms with E-state index in [1.807, 2.05) is 0 Å². The Morgan fingerprint density at radius 1 is 1.64 bits per heavy atom. The van der Waals surface area contributed by atoms with Crippen LogP contribution >= 0.6 is 0 Å². The van der Waals surface area contributed by atoms with Crippen LogP contribution in [0, 0.1) is 0 Å². The number of hydrogen-bond donors (Lipinski definition) is 1. The quantitative estimate of drug-likeness (QED) is 0.782. The van der Waals surface area contributed by atoms with E-state index in [-0.39, 0.29) is 5.56 Å². The smallest absolute Gasteiger partial charge is 0.293 e. The lowest BCUT2D eigenvalue weighted by Crippen LogP contribution is -2.24. The Hall–Kier alpha value is -1.32. The highest BCUT2D eigenvalue weighted by molar-refractivity contribution is 5.33. The van der Waals surface area contributed by atoms with Gasteiger partial charge in [-0.05, 0) is 19.3 Å². The molecule has 14 heavy (non-hydrogen) atoms. The molecule has 0 unspecified atom stereocenters. The lowest BCUT2D eigenvalue weighted by atomic mass is 10.4. The van der Waals surface area contributed by atoms with Crippen molar-refractivity contribution in [2.75, 3.05) is 5.32 Å². The largest absolute Gasteiger partial charge is 0.363 e. The summed E-state index contributed by atoms with van der Waals surface area (Å²) in [5.41, 5.74) is 0.00116. The van der Waals surface area contributed by atoms with Crippen molar-refractivity contribution in [3.05, 3.63) is 22.7 Å². The van der Waals surface area contributed by atoms with Gasteiger partial charge in [-0.2, -0.15) is 0 Å². The maximum absolute atomic E-state index is 11.8. The third-order valence-corrected chi connectivity index (χ3v) is 2.30. The standard InChI is InChI=1S/C10H15N3O/c1-2-6-13-7-5-11-9(10(13)14)12-8-3-4-8/h5,7-8H,2-4,6H2,1H3,(H,11,12). The van der Waals surface area contributed by atoms with E-state index >= 15 is 0 Å². The first-order valence-corrected chi connectivity index (χ1v) is 5.13. The van der Waals surface area contributed by atoms with E-state index < -0.39 is 0 Å². The summed E-state index contributed by atoms with van der Waals surface area (Å²) in [5, 5.41) is 3.14. The summed E-state index contributed by atoms with van der Waals surface area (Å²) in [5.74, 6) is 0.503. The third kappa shape index (κ3) is 1.95. The normalized spacial score (nSPS) is 15.5. The molecule has 1 heterocycles. The number of hydrogen-bond acceptors (Lipinski definition) is 3. The number of nitrogens with zero attached hydrogens (tertiary/aromatic N) is 2. The number of nitrogens with one attached hydrogen (secondary N) is 1. The molecule has 0 atom stereocenters. The fourth-order valence-electron chi connectivity index (χ4n) is 1.38. The van der Waals surface area contributed by atoms with Gasteiger partial charge in [0.25, 0.3) is 5.56 Å². The van der Waals surface area contributed by atoms with Gasteiger partial charge in [0, 0.05) is 25.0 Å². The highest BCUT2D eigenvalue weighted by atomic mass is 16.1. The fraction of sp³-hybridized carbons (Fsp3) is 0.600. The maximum atomic E-state index is 11.8. The van der Waals surface area contributed by atoms with Crippen LogP contribution in [-0.2, 0) is 6.54 Å². The van der Waals surface area contributed by atoms with Crippen molar-refractivity contribution in [2.45, 2.75) is 38.8 Å². The SMILES string of the molecule is CCCn1ccnc(NC2CC2)c1=O. The Labute approximate surface area is 83.0 Å². The molecule has 1 aliphatic rings. The van der Waals surface area contributed by atoms with Crippen LogP contribution in [-0.4, -0.2) is 15.6 Å². The Kier molecular flexibility index (Phi) is 2.52. The molecule has 0 aromatic carbocycles. The average molecular weight is 193 g/mol. The Morgan fingerprint density at radius 2 is 2.43 bits per heavy atom. The predicted molar refractivity (Wildman–Crippen MR) is 55.4 cm³/mol. The first kappa shape index (κ1) is 9.24. The van der Waals surface area contributed by atoms with Crippen LogP contribution in [0.15, 0.2) is 17.2 Å². The van der Waals surface area contributed by atoms with E-state index in [0.717, 1.165) is 25.8 Å². The first-order chi connectivity index (χ1) is 6.81. The summed E-state index contributed by atoms with van der Waals surface area (Å²) < 4.78 is 1.71. The van der Waals surface area contributed by atoms with E-state index in [1.54, 1.807) is 17.0 Å². The van der Waals surface area contributed by atoms with Gasteiger partial charge >= 0.3 is 0 Å². The van der Waals surface area contributed by atoms with Gasteiger partial charge in [0.15, 0.2) is 5.82 Å². The van der Waals surface area contributed by atoms with E-state index in [0.29, 0.717) is 11.9 Å². The number of aromatic nitrogens is 2. The van der Waals surface area contributed by atoms with Gasteiger partial charge in [0.05, 0.1) is 0 Å². The monoisotopic (exact) mass is 193 g/mol. The molecule has 1 aromatic heterocycles. The minimum absolute atomic E-state index is 0.00116. The molecule has 0 aliphatic heterocycles. The Bertz CT molecular complexity index is 368. The maximum Gasteiger partial charge on any atom is 0.293 e. The zero-order valence-electron chi connectivity index (χ0n) is 8.36. The summed E-state index contributed by atoms with van der Waals surface area (Å²) in [6, 6.07) is 0.479. The van der Waals surface area contributed by atoms with Crippen LogP contribution in [0.3, 0.4) is 0 Å². The molecule has 76 valence electrons. The van der Waals surface area contributed by atoms with E-state index in [1.165, 1.54) is 0 Å². The fourth-order valence-corrected chi connectivity index (χ4v) is 1.38. The molecule has 1 aliphatic carbocycles. The highest BCUT2D eigenvalue weighted by Gasteiger charge is 2.22. The molecular weight excluding hydrogens is 178 g/mol. The van der Waals surface area contributed by atoms with Gasteiger partial charge in [0.1, 0.15) is 0 Å². The minimum atomic E-state index is 0.00116. The second kappa shape index (κ2) is 3.82. The van der Waals surface area contributed by atoms with Crippen LogP contribution in [0.5, 0.6) is 0 Å². The number of rotatable bonds is 4. The summed E-state index contributed by atoms with van der Waals surface area (Å²) in [4.78, 5) is 15.8. The molecule has 0 amide bonds. The molecule has 1 saturated carbocycles. The molecule has 0 bridgehead atoms. The van der Waals surface area contributed by atoms with Gasteiger partial charge in [-0.3, -0.25) is 4.79 Å². The van der Waals surface area contributed by atoms with Crippen molar-refractivity contribution in [3.8, 4) is 0 Å². The molecule has 1 aromatic rings. The zero-order valence-corrected chi connectivity index (χ0v) is 8.36.